The largest absolute Gasteiger partial charge is 0.493 e. The van der Waals surface area contributed by atoms with E-state index >= 15 is 0 Å². The first-order valence-electron chi connectivity index (χ1n) is 14.6. The van der Waals surface area contributed by atoms with Gasteiger partial charge in [0.15, 0.2) is 0 Å². The highest BCUT2D eigenvalue weighted by Gasteiger charge is 2.30. The molecule has 230 valence electrons. The lowest BCUT2D eigenvalue weighted by Gasteiger charge is -2.36. The predicted octanol–water partition coefficient (Wildman–Crippen LogP) is 6.17. The molecule has 0 saturated heterocycles. The number of fused-ring (bicyclic) bond motifs is 1. The van der Waals surface area contributed by atoms with Crippen LogP contribution in [0.1, 0.15) is 60.8 Å². The highest BCUT2D eigenvalue weighted by molar-refractivity contribution is 7.85. The molecule has 1 atom stereocenters. The zero-order valence-corrected chi connectivity index (χ0v) is 25.8. The van der Waals surface area contributed by atoms with Crippen LogP contribution in [0.5, 0.6) is 5.75 Å². The van der Waals surface area contributed by atoms with E-state index in [1.54, 1.807) is 0 Å². The molecule has 0 bridgehead atoms. The van der Waals surface area contributed by atoms with Crippen LogP contribution in [0.3, 0.4) is 0 Å². The summed E-state index contributed by atoms with van der Waals surface area (Å²) in [6.07, 6.45) is 2.07. The molecule has 0 spiro atoms. The number of ether oxygens (including phenoxy) is 2. The molecule has 0 fully saturated rings. The second-order valence-corrected chi connectivity index (χ2v) is 12.4. The Kier molecular flexibility index (Phi) is 10.8. The number of carbonyl (C=O) groups is 2. The molecule has 0 radical (unpaired) electrons. The van der Waals surface area contributed by atoms with Crippen molar-refractivity contribution in [1.82, 2.24) is 5.32 Å². The van der Waals surface area contributed by atoms with E-state index in [1.165, 1.54) is 5.56 Å². The van der Waals surface area contributed by atoms with Crippen LogP contribution in [0.25, 0.3) is 11.1 Å². The highest BCUT2D eigenvalue weighted by atomic mass is 32.2. The van der Waals surface area contributed by atoms with Gasteiger partial charge in [-0.2, -0.15) is 8.42 Å². The molecule has 4 rings (SSSR count). The smallest absolute Gasteiger partial charge is 0.407 e. The standard InChI is InChI=1S/C33H40N2O7S/c1-4-26-16-18-35(31(36)15-8-19-41-30-14-5-9-23(2)24(30)3)29-13-7-12-28(32(26)29)27-11-6-10-25(21-27)22-42-33(37)34-17-20-43(38,39)40/h5-7,9-14,21,26H,4,8,15-20,22H2,1-3H3,(H,34,37)(H,38,39,40). The van der Waals surface area contributed by atoms with Gasteiger partial charge in [0.2, 0.25) is 5.91 Å². The zero-order valence-electron chi connectivity index (χ0n) is 25.0. The fourth-order valence-corrected chi connectivity index (χ4v) is 5.78. The number of hydrogen-bond donors (Lipinski definition) is 2. The first kappa shape index (κ1) is 32.0. The van der Waals surface area contributed by atoms with Crippen molar-refractivity contribution in [2.75, 3.05) is 30.3 Å². The van der Waals surface area contributed by atoms with Gasteiger partial charge in [-0.05, 0) is 90.6 Å². The number of aryl methyl sites for hydroxylation is 1. The number of amides is 2. The minimum atomic E-state index is -4.17. The fraction of sp³-hybridized carbons (Fsp3) is 0.394. The van der Waals surface area contributed by atoms with Gasteiger partial charge in [-0.1, -0.05) is 49.4 Å². The van der Waals surface area contributed by atoms with Gasteiger partial charge >= 0.3 is 6.09 Å². The predicted molar refractivity (Wildman–Crippen MR) is 167 cm³/mol. The van der Waals surface area contributed by atoms with Crippen LogP contribution in [0.15, 0.2) is 60.7 Å². The molecule has 1 aliphatic rings. The van der Waals surface area contributed by atoms with Gasteiger partial charge in [0, 0.05) is 25.2 Å². The SMILES string of the molecule is CCC1CCN(C(=O)CCCOc2cccc(C)c2C)c2cccc(-c3cccc(COC(=O)NCCS(=O)(=O)O)c3)c21. The van der Waals surface area contributed by atoms with Crippen molar-refractivity contribution < 1.29 is 32.0 Å². The molecule has 1 aliphatic heterocycles. The molecular formula is C33H40N2O7S. The lowest BCUT2D eigenvalue weighted by Crippen LogP contribution is -2.37. The minimum absolute atomic E-state index is 0.00741. The molecule has 1 unspecified atom stereocenters. The topological polar surface area (TPSA) is 122 Å². The molecule has 0 aromatic heterocycles. The van der Waals surface area contributed by atoms with E-state index in [9.17, 15) is 18.0 Å². The summed E-state index contributed by atoms with van der Waals surface area (Å²) >= 11 is 0. The van der Waals surface area contributed by atoms with Crippen LogP contribution in [0.2, 0.25) is 0 Å². The third-order valence-electron chi connectivity index (χ3n) is 7.86. The van der Waals surface area contributed by atoms with E-state index < -0.39 is 22.0 Å². The van der Waals surface area contributed by atoms with Gasteiger partial charge < -0.3 is 19.7 Å². The number of nitrogens with zero attached hydrogens (tertiary/aromatic N) is 1. The lowest BCUT2D eigenvalue weighted by atomic mass is 9.82. The number of rotatable bonds is 12. The van der Waals surface area contributed by atoms with E-state index in [1.807, 2.05) is 60.4 Å². The second-order valence-electron chi connectivity index (χ2n) is 10.8. The van der Waals surface area contributed by atoms with Gasteiger partial charge in [-0.3, -0.25) is 9.35 Å². The molecule has 3 aromatic rings. The average Bonchev–Trinajstić information content (AvgIpc) is 2.98. The summed E-state index contributed by atoms with van der Waals surface area (Å²) in [4.78, 5) is 27.3. The molecule has 2 amide bonds. The van der Waals surface area contributed by atoms with Crippen molar-refractivity contribution in [3.8, 4) is 16.9 Å². The number of nitrogens with one attached hydrogen (secondary N) is 1. The summed E-state index contributed by atoms with van der Waals surface area (Å²) in [6.45, 7) is 7.15. The normalized spacial score (nSPS) is 14.6. The Hall–Kier alpha value is -3.89. The highest BCUT2D eigenvalue weighted by Crippen LogP contribution is 2.43. The third-order valence-corrected chi connectivity index (χ3v) is 8.58. The first-order chi connectivity index (χ1) is 20.6. The summed E-state index contributed by atoms with van der Waals surface area (Å²) < 4.78 is 41.7. The van der Waals surface area contributed by atoms with Gasteiger partial charge in [0.25, 0.3) is 10.1 Å². The Balaban J connectivity index is 1.44. The summed E-state index contributed by atoms with van der Waals surface area (Å²) in [5.74, 6) is 0.656. The summed E-state index contributed by atoms with van der Waals surface area (Å²) in [6, 6.07) is 19.8. The Morgan fingerprint density at radius 1 is 1.07 bits per heavy atom. The summed E-state index contributed by atoms with van der Waals surface area (Å²) in [5.41, 5.74) is 7.15. The number of alkyl carbamates (subject to hydrolysis) is 1. The molecule has 2 N–H and O–H groups in total. The molecule has 9 nitrogen and oxygen atoms in total. The maximum absolute atomic E-state index is 13.4. The molecule has 0 aliphatic carbocycles. The number of carbonyl (C=O) groups excluding carboxylic acids is 2. The van der Waals surface area contributed by atoms with Crippen molar-refractivity contribution in [1.29, 1.82) is 0 Å². The molecule has 3 aromatic carbocycles. The van der Waals surface area contributed by atoms with E-state index in [4.69, 9.17) is 14.0 Å². The van der Waals surface area contributed by atoms with Crippen LogP contribution >= 0.6 is 0 Å². The van der Waals surface area contributed by atoms with E-state index in [2.05, 4.69) is 31.3 Å². The van der Waals surface area contributed by atoms with Crippen molar-refractivity contribution in [2.45, 2.75) is 59.0 Å². The van der Waals surface area contributed by atoms with Gasteiger partial charge in [-0.25, -0.2) is 4.79 Å². The Bertz CT molecular complexity index is 1550. The molecular weight excluding hydrogens is 568 g/mol. The van der Waals surface area contributed by atoms with Crippen molar-refractivity contribution in [2.24, 2.45) is 0 Å². The molecule has 43 heavy (non-hydrogen) atoms. The van der Waals surface area contributed by atoms with Crippen LogP contribution in [0.4, 0.5) is 10.5 Å². The van der Waals surface area contributed by atoms with Crippen LogP contribution in [-0.2, 0) is 26.3 Å². The lowest BCUT2D eigenvalue weighted by molar-refractivity contribution is -0.118. The van der Waals surface area contributed by atoms with Crippen LogP contribution in [-0.4, -0.2) is 50.4 Å². The molecule has 0 saturated carbocycles. The minimum Gasteiger partial charge on any atom is -0.493 e. The van der Waals surface area contributed by atoms with Crippen LogP contribution < -0.4 is 15.0 Å². The number of anilines is 1. The van der Waals surface area contributed by atoms with Crippen molar-refractivity contribution >= 4 is 27.8 Å². The Morgan fingerprint density at radius 3 is 2.60 bits per heavy atom. The Morgan fingerprint density at radius 2 is 1.84 bits per heavy atom. The number of benzene rings is 3. The zero-order chi connectivity index (χ0) is 31.0. The first-order valence-corrected chi connectivity index (χ1v) is 16.3. The van der Waals surface area contributed by atoms with Gasteiger partial charge in [0.1, 0.15) is 12.4 Å². The number of hydrogen-bond acceptors (Lipinski definition) is 6. The Labute approximate surface area is 254 Å². The maximum atomic E-state index is 13.4. The fourth-order valence-electron chi connectivity index (χ4n) is 5.42. The molecule has 10 heteroatoms. The quantitative estimate of drug-likeness (QED) is 0.186. The average molecular weight is 609 g/mol. The van der Waals surface area contributed by atoms with E-state index in [-0.39, 0.29) is 19.1 Å². The van der Waals surface area contributed by atoms with Gasteiger partial charge in [0.05, 0.1) is 12.4 Å². The van der Waals surface area contributed by atoms with Crippen molar-refractivity contribution in [3.05, 3.63) is 82.9 Å². The second kappa shape index (κ2) is 14.5. The summed E-state index contributed by atoms with van der Waals surface area (Å²) in [7, 11) is -4.17. The van der Waals surface area contributed by atoms with Crippen LogP contribution in [0, 0.1) is 13.8 Å². The summed E-state index contributed by atoms with van der Waals surface area (Å²) in [5, 5.41) is 2.31. The molecule has 1 heterocycles. The maximum Gasteiger partial charge on any atom is 0.407 e. The van der Waals surface area contributed by atoms with Crippen molar-refractivity contribution in [3.63, 3.8) is 0 Å². The monoisotopic (exact) mass is 608 g/mol. The van der Waals surface area contributed by atoms with E-state index in [0.29, 0.717) is 31.9 Å². The third kappa shape index (κ3) is 8.58. The van der Waals surface area contributed by atoms with E-state index in [0.717, 1.165) is 52.1 Å². The van der Waals surface area contributed by atoms with Gasteiger partial charge in [-0.15, -0.1) is 0 Å².